The van der Waals surface area contributed by atoms with Crippen LogP contribution in [0.1, 0.15) is 21.5 Å². The number of carbonyl (C=O) groups is 1. The summed E-state index contributed by atoms with van der Waals surface area (Å²) in [6, 6.07) is 21.8. The van der Waals surface area contributed by atoms with E-state index in [1.807, 2.05) is 55.5 Å². The Labute approximate surface area is 184 Å². The maximum atomic E-state index is 13.0. The van der Waals surface area contributed by atoms with Crippen molar-refractivity contribution in [3.63, 3.8) is 0 Å². The highest BCUT2D eigenvalue weighted by molar-refractivity contribution is 14.1. The number of rotatable bonds is 6. The van der Waals surface area contributed by atoms with E-state index in [-0.39, 0.29) is 12.5 Å². The van der Waals surface area contributed by atoms with Crippen molar-refractivity contribution in [2.24, 2.45) is 0 Å². The van der Waals surface area contributed by atoms with Crippen LogP contribution < -0.4 is 9.62 Å². The third-order valence-electron chi connectivity index (χ3n) is 4.42. The zero-order valence-electron chi connectivity index (χ0n) is 16.1. The lowest BCUT2D eigenvalue weighted by Gasteiger charge is -2.25. The van der Waals surface area contributed by atoms with Gasteiger partial charge in [-0.2, -0.15) is 0 Å². The molecule has 0 saturated heterocycles. The summed E-state index contributed by atoms with van der Waals surface area (Å²) >= 11 is 2.21. The van der Waals surface area contributed by atoms with Gasteiger partial charge in [-0.05, 0) is 71.0 Å². The Bertz CT molecular complexity index is 1130. The first-order valence-electron chi connectivity index (χ1n) is 8.94. The molecule has 0 aliphatic rings. The fourth-order valence-corrected chi connectivity index (χ4v) is 4.52. The smallest absolute Gasteiger partial charge is 0.257 e. The monoisotopic (exact) mass is 520 g/mol. The Morgan fingerprint density at radius 2 is 1.66 bits per heavy atom. The number of hydrogen-bond acceptors (Lipinski definition) is 3. The standard InChI is InChI=1S/C22H21IN2O3S/c1-16-14-18(23)12-13-20(16)24-22(26)19-10-6-7-11-21(19)25(29(2,27)28)15-17-8-4-3-5-9-17/h3-14H,15H2,1-2H3,(H,24,26). The highest BCUT2D eigenvalue weighted by atomic mass is 127. The van der Waals surface area contributed by atoms with E-state index in [0.717, 1.165) is 21.0 Å². The highest BCUT2D eigenvalue weighted by Crippen LogP contribution is 2.27. The fourth-order valence-electron chi connectivity index (χ4n) is 2.97. The molecular weight excluding hydrogens is 499 g/mol. The zero-order chi connectivity index (χ0) is 21.0. The third-order valence-corrected chi connectivity index (χ3v) is 6.22. The van der Waals surface area contributed by atoms with Crippen molar-refractivity contribution in [2.45, 2.75) is 13.5 Å². The van der Waals surface area contributed by atoms with Crippen molar-refractivity contribution in [1.29, 1.82) is 0 Å². The Balaban J connectivity index is 1.98. The number of halogens is 1. The maximum Gasteiger partial charge on any atom is 0.257 e. The third kappa shape index (κ3) is 5.36. The van der Waals surface area contributed by atoms with Crippen LogP contribution in [0.15, 0.2) is 72.8 Å². The van der Waals surface area contributed by atoms with Crippen LogP contribution in [-0.4, -0.2) is 20.6 Å². The van der Waals surface area contributed by atoms with Crippen molar-refractivity contribution in [2.75, 3.05) is 15.9 Å². The molecule has 7 heteroatoms. The van der Waals surface area contributed by atoms with Gasteiger partial charge in [0.05, 0.1) is 24.1 Å². The van der Waals surface area contributed by atoms with E-state index in [0.29, 0.717) is 16.9 Å². The normalized spacial score (nSPS) is 11.1. The summed E-state index contributed by atoms with van der Waals surface area (Å²) in [4.78, 5) is 13.0. The van der Waals surface area contributed by atoms with Gasteiger partial charge in [0.1, 0.15) is 0 Å². The van der Waals surface area contributed by atoms with Gasteiger partial charge in [0.2, 0.25) is 10.0 Å². The molecular formula is C22H21IN2O3S. The first kappa shape index (κ1) is 21.3. The van der Waals surface area contributed by atoms with E-state index >= 15 is 0 Å². The van der Waals surface area contributed by atoms with Gasteiger partial charge in [-0.1, -0.05) is 42.5 Å². The number of nitrogens with zero attached hydrogens (tertiary/aromatic N) is 1. The van der Waals surface area contributed by atoms with Gasteiger partial charge in [-0.15, -0.1) is 0 Å². The molecule has 0 unspecified atom stereocenters. The molecule has 1 amide bonds. The van der Waals surface area contributed by atoms with Gasteiger partial charge in [0, 0.05) is 9.26 Å². The van der Waals surface area contributed by atoms with Crippen LogP contribution in [0.5, 0.6) is 0 Å². The number of para-hydroxylation sites is 1. The molecule has 3 aromatic rings. The summed E-state index contributed by atoms with van der Waals surface area (Å²) in [5, 5.41) is 2.90. The van der Waals surface area contributed by atoms with Crippen LogP contribution in [0.25, 0.3) is 0 Å². The van der Waals surface area contributed by atoms with Crippen molar-refractivity contribution in [3.8, 4) is 0 Å². The van der Waals surface area contributed by atoms with Gasteiger partial charge in [0.15, 0.2) is 0 Å². The molecule has 29 heavy (non-hydrogen) atoms. The quantitative estimate of drug-likeness (QED) is 0.475. The number of nitrogens with one attached hydrogen (secondary N) is 1. The Hall–Kier alpha value is -2.39. The van der Waals surface area contributed by atoms with Crippen LogP contribution in [0, 0.1) is 10.5 Å². The van der Waals surface area contributed by atoms with E-state index in [4.69, 9.17) is 0 Å². The summed E-state index contributed by atoms with van der Waals surface area (Å²) in [7, 11) is -3.61. The first-order chi connectivity index (χ1) is 13.8. The highest BCUT2D eigenvalue weighted by Gasteiger charge is 2.23. The van der Waals surface area contributed by atoms with E-state index in [2.05, 4.69) is 27.9 Å². The minimum atomic E-state index is -3.61. The van der Waals surface area contributed by atoms with Crippen LogP contribution in [0.4, 0.5) is 11.4 Å². The molecule has 0 aromatic heterocycles. The lowest BCUT2D eigenvalue weighted by atomic mass is 10.1. The second-order valence-electron chi connectivity index (χ2n) is 6.69. The average Bonchev–Trinajstić information content (AvgIpc) is 2.68. The molecule has 0 heterocycles. The minimum Gasteiger partial charge on any atom is -0.322 e. The molecule has 0 atom stereocenters. The average molecular weight is 520 g/mol. The van der Waals surface area contributed by atoms with Gasteiger partial charge < -0.3 is 5.32 Å². The summed E-state index contributed by atoms with van der Waals surface area (Å²) in [6.45, 7) is 2.06. The molecule has 3 rings (SSSR count). The van der Waals surface area contributed by atoms with Crippen molar-refractivity contribution in [1.82, 2.24) is 0 Å². The number of amides is 1. The molecule has 3 aromatic carbocycles. The van der Waals surface area contributed by atoms with Crippen LogP contribution >= 0.6 is 22.6 Å². The summed E-state index contributed by atoms with van der Waals surface area (Å²) < 4.78 is 27.4. The molecule has 5 nitrogen and oxygen atoms in total. The van der Waals surface area contributed by atoms with Gasteiger partial charge >= 0.3 is 0 Å². The summed E-state index contributed by atoms with van der Waals surface area (Å²) in [6.07, 6.45) is 1.15. The van der Waals surface area contributed by atoms with Crippen LogP contribution in [-0.2, 0) is 16.6 Å². The van der Waals surface area contributed by atoms with Gasteiger partial charge in [-0.25, -0.2) is 8.42 Å². The van der Waals surface area contributed by atoms with Gasteiger partial charge in [0.25, 0.3) is 5.91 Å². The predicted molar refractivity (Wildman–Crippen MR) is 126 cm³/mol. The molecule has 0 aliphatic carbocycles. The van der Waals surface area contributed by atoms with Crippen molar-refractivity contribution >= 4 is 49.9 Å². The Morgan fingerprint density at radius 1 is 1.00 bits per heavy atom. The minimum absolute atomic E-state index is 0.145. The van der Waals surface area contributed by atoms with Crippen LogP contribution in [0.2, 0.25) is 0 Å². The van der Waals surface area contributed by atoms with E-state index in [1.165, 1.54) is 4.31 Å². The molecule has 0 saturated carbocycles. The predicted octanol–water partition coefficient (Wildman–Crippen LogP) is 4.82. The van der Waals surface area contributed by atoms with E-state index in [9.17, 15) is 13.2 Å². The van der Waals surface area contributed by atoms with Gasteiger partial charge in [-0.3, -0.25) is 9.10 Å². The molecule has 0 aliphatic heterocycles. The molecule has 0 fully saturated rings. The molecule has 0 spiro atoms. The van der Waals surface area contributed by atoms with E-state index < -0.39 is 10.0 Å². The largest absolute Gasteiger partial charge is 0.322 e. The SMILES string of the molecule is Cc1cc(I)ccc1NC(=O)c1ccccc1N(Cc1ccccc1)S(C)(=O)=O. The topological polar surface area (TPSA) is 66.5 Å². The number of anilines is 2. The Morgan fingerprint density at radius 3 is 2.31 bits per heavy atom. The van der Waals surface area contributed by atoms with Crippen molar-refractivity contribution < 1.29 is 13.2 Å². The summed E-state index contributed by atoms with van der Waals surface area (Å²) in [5.41, 5.74) is 3.11. The maximum absolute atomic E-state index is 13.0. The number of carbonyl (C=O) groups excluding carboxylic acids is 1. The number of sulfonamides is 1. The fraction of sp³-hybridized carbons (Fsp3) is 0.136. The second kappa shape index (κ2) is 8.96. The molecule has 150 valence electrons. The van der Waals surface area contributed by atoms with Crippen molar-refractivity contribution in [3.05, 3.63) is 93.1 Å². The number of hydrogen-bond donors (Lipinski definition) is 1. The Kier molecular flexibility index (Phi) is 6.59. The number of benzene rings is 3. The van der Waals surface area contributed by atoms with Crippen LogP contribution in [0.3, 0.4) is 0 Å². The molecule has 0 radical (unpaired) electrons. The zero-order valence-corrected chi connectivity index (χ0v) is 19.1. The lowest BCUT2D eigenvalue weighted by Crippen LogP contribution is -2.31. The first-order valence-corrected chi connectivity index (χ1v) is 11.9. The van der Waals surface area contributed by atoms with E-state index in [1.54, 1.807) is 24.3 Å². The molecule has 0 bridgehead atoms. The summed E-state index contributed by atoms with van der Waals surface area (Å²) in [5.74, 6) is -0.355. The number of aryl methyl sites for hydroxylation is 1. The lowest BCUT2D eigenvalue weighted by molar-refractivity contribution is 0.102. The second-order valence-corrected chi connectivity index (χ2v) is 9.84. The molecule has 1 N–H and O–H groups in total.